The van der Waals surface area contributed by atoms with Crippen molar-refractivity contribution in [3.05, 3.63) is 54.1 Å². The van der Waals surface area contributed by atoms with Crippen molar-refractivity contribution in [2.75, 3.05) is 11.1 Å². The number of aryl methyl sites for hydroxylation is 1. The third-order valence-electron chi connectivity index (χ3n) is 2.83. The Hall–Kier alpha value is -2.49. The standard InChI is InChI=1S/C16H18N2O2/c1-11-5-3-8-15(9-11)20-12(2)16(19)18-14-7-4-6-13(17)10-14/h3-10,12H,17H2,1-2H3,(H,18,19)/t12-/m1/s1. The van der Waals surface area contributed by atoms with Crippen LogP contribution in [0, 0.1) is 6.92 Å². The first-order chi connectivity index (χ1) is 9.54. The predicted molar refractivity (Wildman–Crippen MR) is 80.8 cm³/mol. The number of amides is 1. The highest BCUT2D eigenvalue weighted by atomic mass is 16.5. The minimum atomic E-state index is -0.585. The van der Waals surface area contributed by atoms with Crippen LogP contribution in [0.1, 0.15) is 12.5 Å². The molecule has 0 spiro atoms. The lowest BCUT2D eigenvalue weighted by atomic mass is 10.2. The fourth-order valence-corrected chi connectivity index (χ4v) is 1.81. The number of rotatable bonds is 4. The van der Waals surface area contributed by atoms with Crippen molar-refractivity contribution in [1.29, 1.82) is 0 Å². The molecular weight excluding hydrogens is 252 g/mol. The highest BCUT2D eigenvalue weighted by molar-refractivity contribution is 5.94. The Morgan fingerprint density at radius 3 is 2.65 bits per heavy atom. The zero-order valence-electron chi connectivity index (χ0n) is 11.6. The highest BCUT2D eigenvalue weighted by Gasteiger charge is 2.14. The lowest BCUT2D eigenvalue weighted by Gasteiger charge is -2.15. The summed E-state index contributed by atoms with van der Waals surface area (Å²) >= 11 is 0. The van der Waals surface area contributed by atoms with E-state index in [1.54, 1.807) is 31.2 Å². The van der Waals surface area contributed by atoms with Crippen LogP contribution in [0.2, 0.25) is 0 Å². The van der Waals surface area contributed by atoms with Gasteiger partial charge in [-0.3, -0.25) is 4.79 Å². The molecule has 2 aromatic carbocycles. The van der Waals surface area contributed by atoms with Crippen molar-refractivity contribution in [2.45, 2.75) is 20.0 Å². The molecule has 0 aliphatic rings. The Bertz CT molecular complexity index is 611. The van der Waals surface area contributed by atoms with Crippen LogP contribution in [-0.4, -0.2) is 12.0 Å². The number of hydrogen-bond donors (Lipinski definition) is 2. The van der Waals surface area contributed by atoms with E-state index in [4.69, 9.17) is 10.5 Å². The lowest BCUT2D eigenvalue weighted by Crippen LogP contribution is -2.30. The minimum Gasteiger partial charge on any atom is -0.481 e. The van der Waals surface area contributed by atoms with Gasteiger partial charge in [-0.25, -0.2) is 0 Å². The molecule has 0 saturated carbocycles. The lowest BCUT2D eigenvalue weighted by molar-refractivity contribution is -0.122. The van der Waals surface area contributed by atoms with Gasteiger partial charge in [0.05, 0.1) is 0 Å². The van der Waals surface area contributed by atoms with Gasteiger partial charge in [-0.2, -0.15) is 0 Å². The van der Waals surface area contributed by atoms with Crippen molar-refractivity contribution >= 4 is 17.3 Å². The topological polar surface area (TPSA) is 64.3 Å². The second kappa shape index (κ2) is 6.10. The number of ether oxygens (including phenoxy) is 1. The van der Waals surface area contributed by atoms with Gasteiger partial charge < -0.3 is 15.8 Å². The number of carbonyl (C=O) groups is 1. The second-order valence-electron chi connectivity index (χ2n) is 4.69. The van der Waals surface area contributed by atoms with Crippen molar-refractivity contribution in [2.24, 2.45) is 0 Å². The average Bonchev–Trinajstić information content (AvgIpc) is 2.38. The summed E-state index contributed by atoms with van der Waals surface area (Å²) in [6.45, 7) is 3.69. The fourth-order valence-electron chi connectivity index (χ4n) is 1.81. The summed E-state index contributed by atoms with van der Waals surface area (Å²) < 4.78 is 5.62. The van der Waals surface area contributed by atoms with Gasteiger partial charge >= 0.3 is 0 Å². The largest absolute Gasteiger partial charge is 0.481 e. The maximum absolute atomic E-state index is 12.0. The molecule has 1 atom stereocenters. The van der Waals surface area contributed by atoms with Gasteiger partial charge in [0.2, 0.25) is 0 Å². The molecule has 4 heteroatoms. The van der Waals surface area contributed by atoms with Gasteiger partial charge in [0, 0.05) is 11.4 Å². The zero-order chi connectivity index (χ0) is 14.5. The number of hydrogen-bond acceptors (Lipinski definition) is 3. The summed E-state index contributed by atoms with van der Waals surface area (Å²) in [4.78, 5) is 12.0. The Kier molecular flexibility index (Phi) is 4.25. The summed E-state index contributed by atoms with van der Waals surface area (Å²) in [5, 5.41) is 2.77. The van der Waals surface area contributed by atoms with Crippen molar-refractivity contribution in [3.8, 4) is 5.75 Å². The molecule has 0 aromatic heterocycles. The summed E-state index contributed by atoms with van der Waals surface area (Å²) in [5.74, 6) is 0.470. The van der Waals surface area contributed by atoms with E-state index in [1.165, 1.54) is 0 Å². The average molecular weight is 270 g/mol. The van der Waals surface area contributed by atoms with Crippen LogP contribution in [0.4, 0.5) is 11.4 Å². The number of benzene rings is 2. The zero-order valence-corrected chi connectivity index (χ0v) is 11.6. The molecule has 0 aliphatic heterocycles. The first-order valence-corrected chi connectivity index (χ1v) is 6.44. The van der Waals surface area contributed by atoms with E-state index >= 15 is 0 Å². The molecule has 0 bridgehead atoms. The maximum Gasteiger partial charge on any atom is 0.265 e. The van der Waals surface area contributed by atoms with E-state index in [0.717, 1.165) is 5.56 Å². The monoisotopic (exact) mass is 270 g/mol. The molecule has 20 heavy (non-hydrogen) atoms. The van der Waals surface area contributed by atoms with Gasteiger partial charge in [0.15, 0.2) is 6.10 Å². The van der Waals surface area contributed by atoms with Crippen LogP contribution in [0.25, 0.3) is 0 Å². The molecule has 1 amide bonds. The van der Waals surface area contributed by atoms with Crippen LogP contribution in [0.15, 0.2) is 48.5 Å². The first-order valence-electron chi connectivity index (χ1n) is 6.44. The fraction of sp³-hybridized carbons (Fsp3) is 0.188. The molecule has 0 radical (unpaired) electrons. The predicted octanol–water partition coefficient (Wildman–Crippen LogP) is 2.98. The summed E-state index contributed by atoms with van der Waals surface area (Å²) in [7, 11) is 0. The SMILES string of the molecule is Cc1cccc(O[C@H](C)C(=O)Nc2cccc(N)c2)c1. The maximum atomic E-state index is 12.0. The summed E-state index contributed by atoms with van der Waals surface area (Å²) in [5.41, 5.74) is 8.03. The Morgan fingerprint density at radius 2 is 1.95 bits per heavy atom. The molecular formula is C16H18N2O2. The quantitative estimate of drug-likeness (QED) is 0.839. The van der Waals surface area contributed by atoms with E-state index < -0.39 is 6.10 Å². The van der Waals surface area contributed by atoms with E-state index in [-0.39, 0.29) is 5.91 Å². The highest BCUT2D eigenvalue weighted by Crippen LogP contribution is 2.16. The summed E-state index contributed by atoms with van der Waals surface area (Å²) in [6.07, 6.45) is -0.585. The van der Waals surface area contributed by atoms with Crippen LogP contribution in [0.5, 0.6) is 5.75 Å². The molecule has 0 saturated heterocycles. The molecule has 0 fully saturated rings. The number of nitrogens with two attached hydrogens (primary N) is 1. The Balaban J connectivity index is 1.98. The summed E-state index contributed by atoms with van der Waals surface area (Å²) in [6, 6.07) is 14.6. The van der Waals surface area contributed by atoms with Crippen molar-refractivity contribution in [1.82, 2.24) is 0 Å². The van der Waals surface area contributed by atoms with E-state index in [0.29, 0.717) is 17.1 Å². The van der Waals surface area contributed by atoms with Crippen LogP contribution >= 0.6 is 0 Å². The number of anilines is 2. The van der Waals surface area contributed by atoms with Crippen molar-refractivity contribution < 1.29 is 9.53 Å². The van der Waals surface area contributed by atoms with Gasteiger partial charge in [-0.1, -0.05) is 18.2 Å². The van der Waals surface area contributed by atoms with Gasteiger partial charge in [0.1, 0.15) is 5.75 Å². The van der Waals surface area contributed by atoms with E-state index in [1.807, 2.05) is 31.2 Å². The number of nitrogens with one attached hydrogen (secondary N) is 1. The van der Waals surface area contributed by atoms with E-state index in [2.05, 4.69) is 5.32 Å². The smallest absolute Gasteiger partial charge is 0.265 e. The number of nitrogen functional groups attached to an aromatic ring is 1. The van der Waals surface area contributed by atoms with E-state index in [9.17, 15) is 4.79 Å². The first kappa shape index (κ1) is 13.9. The van der Waals surface area contributed by atoms with Gasteiger partial charge in [-0.15, -0.1) is 0 Å². The second-order valence-corrected chi connectivity index (χ2v) is 4.69. The molecule has 4 nitrogen and oxygen atoms in total. The van der Waals surface area contributed by atoms with Gasteiger partial charge in [-0.05, 0) is 49.7 Å². The molecule has 2 aromatic rings. The third-order valence-corrected chi connectivity index (χ3v) is 2.83. The molecule has 104 valence electrons. The van der Waals surface area contributed by atoms with Crippen molar-refractivity contribution in [3.63, 3.8) is 0 Å². The van der Waals surface area contributed by atoms with Gasteiger partial charge in [0.25, 0.3) is 5.91 Å². The minimum absolute atomic E-state index is 0.211. The van der Waals surface area contributed by atoms with Crippen LogP contribution < -0.4 is 15.8 Å². The number of carbonyl (C=O) groups excluding carboxylic acids is 1. The van der Waals surface area contributed by atoms with Crippen LogP contribution in [0.3, 0.4) is 0 Å². The Morgan fingerprint density at radius 1 is 1.20 bits per heavy atom. The molecule has 2 rings (SSSR count). The normalized spacial score (nSPS) is 11.7. The third kappa shape index (κ3) is 3.75. The van der Waals surface area contributed by atoms with Crippen LogP contribution in [-0.2, 0) is 4.79 Å². The molecule has 0 heterocycles. The molecule has 3 N–H and O–H groups in total. The molecule has 0 unspecified atom stereocenters. The Labute approximate surface area is 118 Å². The molecule has 0 aliphatic carbocycles.